The first-order chi connectivity index (χ1) is 5.30. The Labute approximate surface area is 71.1 Å². The molecule has 0 atom stereocenters. The zero-order valence-electron chi connectivity index (χ0n) is 7.52. The zero-order valence-corrected chi connectivity index (χ0v) is 8.52. The van der Waals surface area contributed by atoms with Crippen LogP contribution in [0.15, 0.2) is 0 Å². The van der Waals surface area contributed by atoms with Crippen molar-refractivity contribution in [2.45, 2.75) is 6.55 Å². The molecule has 0 aromatic rings. The van der Waals surface area contributed by atoms with E-state index in [2.05, 4.69) is 4.43 Å². The second kappa shape index (κ2) is 2.51. The molecule has 1 aliphatic heterocycles. The molecular formula is C6H14FNO3Si. The van der Waals surface area contributed by atoms with Gasteiger partial charge < -0.3 is 0 Å². The number of halogens is 1. The number of hydrogen-bond acceptors (Lipinski definition) is 3. The minimum atomic E-state index is -4.31. The van der Waals surface area contributed by atoms with Crippen molar-refractivity contribution in [3.05, 3.63) is 0 Å². The van der Waals surface area contributed by atoms with Crippen LogP contribution in [0.5, 0.6) is 0 Å². The minimum absolute atomic E-state index is 0.131. The number of nitrogens with one attached hydrogen (secondary N) is 1. The van der Waals surface area contributed by atoms with Crippen molar-refractivity contribution in [3.8, 4) is 0 Å². The summed E-state index contributed by atoms with van der Waals surface area (Å²) in [5.41, 5.74) is 0. The normalized spacial score (nSPS) is 29.4. The van der Waals surface area contributed by atoms with Crippen LogP contribution in [0.2, 0.25) is 6.55 Å². The van der Waals surface area contributed by atoms with Gasteiger partial charge in [0.2, 0.25) is 0 Å². The van der Waals surface area contributed by atoms with E-state index in [1.165, 1.54) is 6.55 Å². The molecule has 1 heterocycles. The SMILES string of the molecule is C[NH+](C)C[Si-]1(C)(F)OCC(=O)O1. The molecule has 0 aromatic heterocycles. The number of carbonyl (C=O) groups excluding carboxylic acids is 1. The summed E-state index contributed by atoms with van der Waals surface area (Å²) >= 11 is 0. The summed E-state index contributed by atoms with van der Waals surface area (Å²) in [5, 5.41) is 0. The summed E-state index contributed by atoms with van der Waals surface area (Å²) in [4.78, 5) is 11.6. The van der Waals surface area contributed by atoms with Gasteiger partial charge in [0.1, 0.15) is 0 Å². The molecule has 6 heteroatoms. The van der Waals surface area contributed by atoms with Crippen molar-refractivity contribution in [3.63, 3.8) is 0 Å². The van der Waals surface area contributed by atoms with Crippen LogP contribution in [0.1, 0.15) is 0 Å². The molecule has 0 saturated carbocycles. The van der Waals surface area contributed by atoms with E-state index in [1.54, 1.807) is 14.1 Å². The predicted octanol–water partition coefficient (Wildman–Crippen LogP) is -1.26. The quantitative estimate of drug-likeness (QED) is 0.441. The molecule has 1 aliphatic rings. The molecule has 1 saturated heterocycles. The molecule has 0 amide bonds. The fourth-order valence-electron chi connectivity index (χ4n) is 1.44. The van der Waals surface area contributed by atoms with E-state index in [4.69, 9.17) is 4.43 Å². The Morgan fingerprint density at radius 2 is 2.25 bits per heavy atom. The van der Waals surface area contributed by atoms with E-state index in [-0.39, 0.29) is 12.8 Å². The van der Waals surface area contributed by atoms with Crippen LogP contribution in [0.3, 0.4) is 0 Å². The van der Waals surface area contributed by atoms with Gasteiger partial charge in [0.05, 0.1) is 0 Å². The maximum atomic E-state index is 14.0. The van der Waals surface area contributed by atoms with Gasteiger partial charge in [-0.2, -0.15) is 0 Å². The van der Waals surface area contributed by atoms with E-state index in [0.717, 1.165) is 4.90 Å². The van der Waals surface area contributed by atoms with Crippen molar-refractivity contribution in [1.82, 2.24) is 0 Å². The number of hydrogen-bond donors (Lipinski definition) is 1. The van der Waals surface area contributed by atoms with Crippen molar-refractivity contribution in [1.29, 1.82) is 0 Å². The Balaban J connectivity index is 2.73. The first-order valence-electron chi connectivity index (χ1n) is 3.85. The van der Waals surface area contributed by atoms with Gasteiger partial charge >= 0.3 is 70.2 Å². The molecule has 0 unspecified atom stereocenters. The summed E-state index contributed by atoms with van der Waals surface area (Å²) in [6.45, 7) is 1.05. The third-order valence-electron chi connectivity index (χ3n) is 1.66. The van der Waals surface area contributed by atoms with Crippen molar-refractivity contribution < 1.29 is 22.7 Å². The molecule has 0 bridgehead atoms. The monoisotopic (exact) mass is 195 g/mol. The van der Waals surface area contributed by atoms with Crippen LogP contribution < -0.4 is 4.90 Å². The van der Waals surface area contributed by atoms with Crippen LogP contribution in [0, 0.1) is 0 Å². The standard InChI is InChI=1S/C6H13FNO3Si/c1-8(2)5-12(3,7)10-4-6(9)11-12/h4-5H2,1-3H3/q-1/p+1. The fraction of sp³-hybridized carbons (Fsp3) is 0.833. The maximum absolute atomic E-state index is 14.0. The van der Waals surface area contributed by atoms with Gasteiger partial charge in [-0.15, -0.1) is 0 Å². The Hall–Kier alpha value is -0.463. The van der Waals surface area contributed by atoms with Gasteiger partial charge in [-0.25, -0.2) is 0 Å². The Bertz CT molecular complexity index is 219. The second-order valence-electron chi connectivity index (χ2n) is 3.76. The van der Waals surface area contributed by atoms with Crippen LogP contribution in [0.4, 0.5) is 4.11 Å². The summed E-state index contributed by atoms with van der Waals surface area (Å²) in [6, 6.07) is 0. The van der Waals surface area contributed by atoms with Crippen molar-refractivity contribution in [2.24, 2.45) is 0 Å². The van der Waals surface area contributed by atoms with E-state index in [0.29, 0.717) is 0 Å². The average Bonchev–Trinajstić information content (AvgIpc) is 2.04. The van der Waals surface area contributed by atoms with E-state index < -0.39 is 14.1 Å². The van der Waals surface area contributed by atoms with Gasteiger partial charge in [0.15, 0.2) is 0 Å². The van der Waals surface area contributed by atoms with Crippen LogP contribution in [-0.4, -0.2) is 41.0 Å². The number of quaternary nitrogens is 1. The van der Waals surface area contributed by atoms with E-state index >= 15 is 0 Å². The summed E-state index contributed by atoms with van der Waals surface area (Å²) in [6.07, 6.45) is 0.131. The Kier molecular flexibility index (Phi) is 2.01. The summed E-state index contributed by atoms with van der Waals surface area (Å²) < 4.78 is 23.5. The molecule has 72 valence electrons. The first kappa shape index (κ1) is 9.62. The first-order valence-corrected chi connectivity index (χ1v) is 6.76. The molecule has 12 heavy (non-hydrogen) atoms. The molecule has 0 spiro atoms. The molecule has 1 rings (SSSR count). The van der Waals surface area contributed by atoms with Crippen LogP contribution in [0.25, 0.3) is 0 Å². The van der Waals surface area contributed by atoms with Gasteiger partial charge in [-0.3, -0.25) is 0 Å². The second-order valence-corrected chi connectivity index (χ2v) is 7.83. The number of carbonyl (C=O) groups is 1. The molecule has 1 fully saturated rings. The fourth-order valence-corrected chi connectivity index (χ4v) is 4.33. The molecule has 1 N–H and O–H groups in total. The van der Waals surface area contributed by atoms with E-state index in [1.807, 2.05) is 0 Å². The summed E-state index contributed by atoms with van der Waals surface area (Å²) in [7, 11) is -0.730. The molecule has 4 nitrogen and oxygen atoms in total. The molecule has 0 aromatic carbocycles. The van der Waals surface area contributed by atoms with Crippen LogP contribution >= 0.6 is 0 Å². The summed E-state index contributed by atoms with van der Waals surface area (Å²) in [5.74, 6) is -0.588. The van der Waals surface area contributed by atoms with Gasteiger partial charge in [0.25, 0.3) is 0 Å². The van der Waals surface area contributed by atoms with Crippen molar-refractivity contribution in [2.75, 3.05) is 26.9 Å². The molecular weight excluding hydrogens is 181 g/mol. The average molecular weight is 195 g/mol. The zero-order chi connectivity index (χ0) is 9.43. The van der Waals surface area contributed by atoms with Gasteiger partial charge in [-0.1, -0.05) is 0 Å². The topological polar surface area (TPSA) is 40.0 Å². The molecule has 0 aliphatic carbocycles. The number of rotatable bonds is 2. The van der Waals surface area contributed by atoms with Crippen LogP contribution in [-0.2, 0) is 13.6 Å². The van der Waals surface area contributed by atoms with Gasteiger partial charge in [0, 0.05) is 0 Å². The van der Waals surface area contributed by atoms with E-state index in [9.17, 15) is 8.90 Å². The van der Waals surface area contributed by atoms with Crippen molar-refractivity contribution >= 4 is 14.1 Å². The third-order valence-corrected chi connectivity index (χ3v) is 4.74. The van der Waals surface area contributed by atoms with Gasteiger partial charge in [-0.05, 0) is 0 Å². The Morgan fingerprint density at radius 1 is 1.67 bits per heavy atom. The predicted molar refractivity (Wildman–Crippen MR) is 42.4 cm³/mol. The Morgan fingerprint density at radius 3 is 2.58 bits per heavy atom. The third kappa shape index (κ3) is 2.02. The molecule has 0 radical (unpaired) electrons.